The van der Waals surface area contributed by atoms with E-state index in [1.54, 1.807) is 31.4 Å². The molecule has 6 rings (SSSR count). The second kappa shape index (κ2) is 10.2. The largest absolute Gasteiger partial charge is 0.392 e. The summed E-state index contributed by atoms with van der Waals surface area (Å²) in [6.07, 6.45) is 6.22. The lowest BCUT2D eigenvalue weighted by atomic mass is 9.86. The third-order valence-corrected chi connectivity index (χ3v) is 8.93. The monoisotopic (exact) mass is 586 g/mol. The van der Waals surface area contributed by atoms with Gasteiger partial charge in [-0.3, -0.25) is 14.4 Å². The van der Waals surface area contributed by atoms with E-state index in [1.807, 2.05) is 27.8 Å². The van der Waals surface area contributed by atoms with Gasteiger partial charge in [0.1, 0.15) is 11.5 Å². The number of benzene rings is 1. The van der Waals surface area contributed by atoms with Crippen LogP contribution in [0.4, 0.5) is 10.1 Å². The number of amides is 1. The van der Waals surface area contributed by atoms with Gasteiger partial charge in [0.2, 0.25) is 5.91 Å². The van der Waals surface area contributed by atoms with Crippen LogP contribution in [0.15, 0.2) is 52.4 Å². The molecule has 11 heteroatoms. The quantitative estimate of drug-likeness (QED) is 0.368. The molecule has 43 heavy (non-hydrogen) atoms. The van der Waals surface area contributed by atoms with Crippen molar-refractivity contribution in [2.75, 3.05) is 25.5 Å². The van der Waals surface area contributed by atoms with Crippen LogP contribution >= 0.6 is 0 Å². The van der Waals surface area contributed by atoms with Gasteiger partial charge in [0.25, 0.3) is 11.1 Å². The maximum Gasteiger partial charge on any atom is 0.283 e. The molecule has 2 aliphatic rings. The number of anilines is 1. The van der Waals surface area contributed by atoms with E-state index in [1.165, 1.54) is 23.0 Å². The number of hydrogen-bond donors (Lipinski definition) is 2. The Balaban J connectivity index is 1.39. The van der Waals surface area contributed by atoms with Gasteiger partial charge >= 0.3 is 0 Å². The molecule has 0 unspecified atom stereocenters. The number of nitrogens with one attached hydrogen (secondary N) is 1. The van der Waals surface area contributed by atoms with Crippen molar-refractivity contribution in [3.05, 3.63) is 80.5 Å². The van der Waals surface area contributed by atoms with Crippen molar-refractivity contribution in [1.82, 2.24) is 24.2 Å². The van der Waals surface area contributed by atoms with Crippen LogP contribution in [0.1, 0.15) is 44.7 Å². The zero-order valence-corrected chi connectivity index (χ0v) is 24.9. The smallest absolute Gasteiger partial charge is 0.283 e. The van der Waals surface area contributed by atoms with Crippen molar-refractivity contribution in [1.29, 1.82) is 0 Å². The number of fused-ring (bicyclic) bond motifs is 1. The predicted octanol–water partition coefficient (Wildman–Crippen LogP) is 3.36. The van der Waals surface area contributed by atoms with Crippen LogP contribution in [0.2, 0.25) is 0 Å². The molecular weight excluding hydrogens is 551 g/mol. The van der Waals surface area contributed by atoms with Crippen molar-refractivity contribution in [2.24, 2.45) is 18.4 Å². The van der Waals surface area contributed by atoms with E-state index in [9.17, 15) is 19.5 Å². The molecule has 10 nitrogen and oxygen atoms in total. The number of carbonyl (C=O) groups is 1. The van der Waals surface area contributed by atoms with Crippen molar-refractivity contribution < 1.29 is 14.3 Å². The van der Waals surface area contributed by atoms with Gasteiger partial charge in [-0.1, -0.05) is 20.8 Å². The number of hydrogen-bond acceptors (Lipinski definition) is 7. The first-order valence-corrected chi connectivity index (χ1v) is 14.3. The molecule has 0 bridgehead atoms. The third-order valence-electron chi connectivity index (χ3n) is 8.93. The molecule has 0 radical (unpaired) electrons. The molecule has 2 N–H and O–H groups in total. The molecule has 4 aromatic rings. The number of rotatable bonds is 5. The second-order valence-corrected chi connectivity index (χ2v) is 13.0. The summed E-state index contributed by atoms with van der Waals surface area (Å²) in [5.41, 5.74) is 0.699. The van der Waals surface area contributed by atoms with Gasteiger partial charge in [-0.05, 0) is 72.7 Å². The van der Waals surface area contributed by atoms with E-state index in [-0.39, 0.29) is 50.7 Å². The summed E-state index contributed by atoms with van der Waals surface area (Å²) in [5.74, 6) is -0.940. The van der Waals surface area contributed by atoms with Crippen molar-refractivity contribution in [3.63, 3.8) is 0 Å². The molecule has 1 saturated carbocycles. The highest BCUT2D eigenvalue weighted by atomic mass is 19.1. The Morgan fingerprint density at radius 1 is 1.19 bits per heavy atom. The molecule has 1 aliphatic heterocycles. The van der Waals surface area contributed by atoms with Crippen LogP contribution in [0, 0.1) is 17.2 Å². The van der Waals surface area contributed by atoms with Crippen molar-refractivity contribution in [2.45, 2.75) is 45.6 Å². The average Bonchev–Trinajstić information content (AvgIpc) is 3.53. The first kappa shape index (κ1) is 28.9. The molecule has 224 valence electrons. The van der Waals surface area contributed by atoms with Crippen LogP contribution < -0.4 is 16.4 Å². The lowest BCUT2D eigenvalue weighted by Gasteiger charge is -2.20. The number of aromatic nitrogens is 4. The van der Waals surface area contributed by atoms with E-state index in [2.05, 4.69) is 20.3 Å². The fourth-order valence-electron chi connectivity index (χ4n) is 6.35. The normalized spacial score (nSPS) is 20.2. The molecule has 4 heterocycles. The van der Waals surface area contributed by atoms with Crippen LogP contribution in [0.5, 0.6) is 0 Å². The average molecular weight is 587 g/mol. The Morgan fingerprint density at radius 2 is 1.95 bits per heavy atom. The molecular formula is C32H35FN6O4. The van der Waals surface area contributed by atoms with E-state index in [0.29, 0.717) is 16.5 Å². The van der Waals surface area contributed by atoms with Gasteiger partial charge in [0, 0.05) is 48.4 Å². The number of aliphatic hydroxyl groups is 1. The van der Waals surface area contributed by atoms with Crippen LogP contribution in [-0.4, -0.2) is 55.4 Å². The molecule has 1 spiro atoms. The molecule has 3 aromatic heterocycles. The number of likely N-dealkylation sites (tertiary alicyclic amines) is 1. The van der Waals surface area contributed by atoms with Gasteiger partial charge in [0.15, 0.2) is 5.82 Å². The van der Waals surface area contributed by atoms with Crippen molar-refractivity contribution >= 4 is 22.4 Å². The lowest BCUT2D eigenvalue weighted by molar-refractivity contribution is -0.118. The zero-order chi connectivity index (χ0) is 30.8. The Kier molecular flexibility index (Phi) is 6.85. The first-order chi connectivity index (χ1) is 20.3. The predicted molar refractivity (Wildman–Crippen MR) is 162 cm³/mol. The lowest BCUT2D eigenvalue weighted by Crippen LogP contribution is -2.27. The van der Waals surface area contributed by atoms with Gasteiger partial charge in [-0.25, -0.2) is 9.37 Å². The Morgan fingerprint density at radius 3 is 2.63 bits per heavy atom. The number of pyridine rings is 2. The maximum atomic E-state index is 15.3. The van der Waals surface area contributed by atoms with E-state index in [4.69, 9.17) is 0 Å². The summed E-state index contributed by atoms with van der Waals surface area (Å²) in [6, 6.07) is 6.33. The SMILES string of the molecule is CN1CC[C@]2(C[C@@H]2C(=O)Nc2cc(-c3ccnc(-n4ncc5cc(C(C)(C)C)cc(F)c5c4=O)c3CO)cn(C)c2=O)C1. The standard InChI is InChI=1S/C32H35FN6O4/c1-31(2,3)20-10-18-14-35-39(30(43)26(18)24(33)12-20)27-22(16-40)21(6-8-34-27)19-11-25(29(42)38(5)15-19)36-28(41)23-13-32(23)7-9-37(4)17-32/h6,8,10-12,14-15,23,40H,7,9,13,16-17H2,1-5H3,(H,36,41)/t23-,32+/m1/s1. The van der Waals surface area contributed by atoms with Crippen LogP contribution in [0.25, 0.3) is 27.7 Å². The summed E-state index contributed by atoms with van der Waals surface area (Å²) in [7, 11) is 3.63. The fourth-order valence-corrected chi connectivity index (χ4v) is 6.35. The molecule has 2 fully saturated rings. The van der Waals surface area contributed by atoms with Crippen LogP contribution in [-0.2, 0) is 23.9 Å². The maximum absolute atomic E-state index is 15.3. The number of aliphatic hydroxyl groups excluding tert-OH is 1. The number of nitrogens with zero attached hydrogens (tertiary/aromatic N) is 5. The summed E-state index contributed by atoms with van der Waals surface area (Å²) < 4.78 is 17.6. The minimum atomic E-state index is -0.709. The van der Waals surface area contributed by atoms with E-state index in [0.717, 1.165) is 36.2 Å². The molecule has 1 saturated heterocycles. The third kappa shape index (κ3) is 4.96. The van der Waals surface area contributed by atoms with E-state index >= 15 is 4.39 Å². The topological polar surface area (TPSA) is 122 Å². The number of halogens is 1. The summed E-state index contributed by atoms with van der Waals surface area (Å²) in [4.78, 5) is 46.3. The highest BCUT2D eigenvalue weighted by Gasteiger charge is 2.60. The highest BCUT2D eigenvalue weighted by molar-refractivity contribution is 5.95. The summed E-state index contributed by atoms with van der Waals surface area (Å²) in [5, 5.41) is 17.8. The Labute approximate surface area is 247 Å². The Hall–Kier alpha value is -4.22. The van der Waals surface area contributed by atoms with Gasteiger partial charge in [-0.2, -0.15) is 9.78 Å². The van der Waals surface area contributed by atoms with Gasteiger partial charge < -0.3 is 19.9 Å². The van der Waals surface area contributed by atoms with E-state index < -0.39 is 18.0 Å². The summed E-state index contributed by atoms with van der Waals surface area (Å²) >= 11 is 0. The second-order valence-electron chi connectivity index (χ2n) is 13.0. The molecule has 1 amide bonds. The minimum absolute atomic E-state index is 0.0142. The Bertz CT molecular complexity index is 1910. The highest BCUT2D eigenvalue weighted by Crippen LogP contribution is 2.58. The number of aryl methyl sites for hydroxylation is 1. The van der Waals surface area contributed by atoms with Crippen LogP contribution in [0.3, 0.4) is 0 Å². The van der Waals surface area contributed by atoms with Gasteiger partial charge in [0.05, 0.1) is 18.2 Å². The molecule has 1 aromatic carbocycles. The minimum Gasteiger partial charge on any atom is -0.392 e. The fraction of sp³-hybridized carbons (Fsp3) is 0.406. The molecule has 2 atom stereocenters. The zero-order valence-electron chi connectivity index (χ0n) is 24.9. The molecule has 1 aliphatic carbocycles. The van der Waals surface area contributed by atoms with Crippen molar-refractivity contribution in [3.8, 4) is 16.9 Å². The van der Waals surface area contributed by atoms with Gasteiger partial charge in [-0.15, -0.1) is 0 Å². The summed E-state index contributed by atoms with van der Waals surface area (Å²) in [6.45, 7) is 7.18. The first-order valence-electron chi connectivity index (χ1n) is 14.3. The number of carbonyl (C=O) groups excluding carboxylic acids is 1.